The summed E-state index contributed by atoms with van der Waals surface area (Å²) in [6, 6.07) is 19.6. The Hall–Kier alpha value is -3.12. The van der Waals surface area contributed by atoms with Gasteiger partial charge in [0, 0.05) is 77.1 Å². The molecule has 6 heteroatoms. The van der Waals surface area contributed by atoms with Gasteiger partial charge in [-0.1, -0.05) is 48.0 Å². The molecular formula is C28H36N6. The van der Waals surface area contributed by atoms with Gasteiger partial charge in [-0.15, -0.1) is 0 Å². The number of rotatable bonds is 6. The number of piperazine rings is 1. The van der Waals surface area contributed by atoms with Crippen LogP contribution in [0.3, 0.4) is 0 Å². The molecule has 178 valence electrons. The molecular weight excluding hydrogens is 420 g/mol. The molecule has 0 radical (unpaired) electrons. The van der Waals surface area contributed by atoms with Crippen molar-refractivity contribution in [3.8, 4) is 0 Å². The molecule has 2 aliphatic heterocycles. The van der Waals surface area contributed by atoms with Gasteiger partial charge in [0.2, 0.25) is 5.95 Å². The molecule has 0 atom stereocenters. The molecule has 0 spiro atoms. The van der Waals surface area contributed by atoms with Gasteiger partial charge >= 0.3 is 0 Å². The molecule has 3 aromatic rings. The van der Waals surface area contributed by atoms with Crippen LogP contribution in [-0.4, -0.2) is 61.2 Å². The maximum absolute atomic E-state index is 5.13. The van der Waals surface area contributed by atoms with Gasteiger partial charge < -0.3 is 14.7 Å². The Kier molecular flexibility index (Phi) is 6.68. The Morgan fingerprint density at radius 2 is 1.56 bits per heavy atom. The summed E-state index contributed by atoms with van der Waals surface area (Å²) >= 11 is 0. The van der Waals surface area contributed by atoms with Gasteiger partial charge in [-0.3, -0.25) is 4.90 Å². The van der Waals surface area contributed by atoms with E-state index in [1.165, 1.54) is 28.1 Å². The molecule has 0 bridgehead atoms. The fourth-order valence-corrected chi connectivity index (χ4v) is 4.94. The number of fused-ring (bicyclic) bond motifs is 1. The number of aryl methyl sites for hydroxylation is 1. The third kappa shape index (κ3) is 4.87. The number of benzene rings is 2. The van der Waals surface area contributed by atoms with E-state index in [1.54, 1.807) is 0 Å². The molecule has 0 amide bonds. The zero-order chi connectivity index (χ0) is 23.5. The van der Waals surface area contributed by atoms with E-state index in [1.807, 2.05) is 0 Å². The van der Waals surface area contributed by atoms with E-state index in [0.717, 1.165) is 70.5 Å². The first-order chi connectivity index (χ1) is 16.6. The molecule has 6 nitrogen and oxygen atoms in total. The molecule has 0 aliphatic carbocycles. The largest absolute Gasteiger partial charge is 0.368 e. The van der Waals surface area contributed by atoms with E-state index in [9.17, 15) is 0 Å². The van der Waals surface area contributed by atoms with Crippen molar-refractivity contribution in [2.75, 3.05) is 61.0 Å². The van der Waals surface area contributed by atoms with E-state index in [0.29, 0.717) is 0 Å². The molecule has 0 N–H and O–H groups in total. The van der Waals surface area contributed by atoms with Crippen molar-refractivity contribution >= 4 is 17.5 Å². The second-order valence-electron chi connectivity index (χ2n) is 9.54. The molecule has 5 rings (SSSR count). The van der Waals surface area contributed by atoms with Crippen molar-refractivity contribution in [2.24, 2.45) is 0 Å². The number of aromatic nitrogens is 2. The fraction of sp³-hybridized carbons (Fsp3) is 0.429. The SMILES string of the molecule is CCN(C)c1nc(N2CCN(c3ccccc3)CC2)nc2c1CN(Cc1ccc(C)cc1)CC2. The van der Waals surface area contributed by atoms with Gasteiger partial charge in [0.25, 0.3) is 0 Å². The van der Waals surface area contributed by atoms with Crippen molar-refractivity contribution in [1.82, 2.24) is 14.9 Å². The molecule has 0 saturated carbocycles. The van der Waals surface area contributed by atoms with Crippen LogP contribution in [0.5, 0.6) is 0 Å². The number of nitrogens with zero attached hydrogens (tertiary/aromatic N) is 6. The summed E-state index contributed by atoms with van der Waals surface area (Å²) in [5.74, 6) is 2.00. The Labute approximate surface area is 203 Å². The number of para-hydroxylation sites is 1. The lowest BCUT2D eigenvalue weighted by molar-refractivity contribution is 0.243. The van der Waals surface area contributed by atoms with Crippen LogP contribution in [0.1, 0.15) is 29.3 Å². The van der Waals surface area contributed by atoms with Crippen LogP contribution in [0.4, 0.5) is 17.5 Å². The predicted octanol–water partition coefficient (Wildman–Crippen LogP) is 4.13. The van der Waals surface area contributed by atoms with E-state index in [4.69, 9.17) is 9.97 Å². The first-order valence-electron chi connectivity index (χ1n) is 12.5. The monoisotopic (exact) mass is 456 g/mol. The average Bonchev–Trinajstić information content (AvgIpc) is 2.89. The van der Waals surface area contributed by atoms with Crippen molar-refractivity contribution in [3.63, 3.8) is 0 Å². The van der Waals surface area contributed by atoms with Gasteiger partial charge in [0.15, 0.2) is 0 Å². The molecule has 2 aliphatic rings. The Morgan fingerprint density at radius 3 is 2.26 bits per heavy atom. The van der Waals surface area contributed by atoms with Crippen LogP contribution in [0, 0.1) is 6.92 Å². The van der Waals surface area contributed by atoms with Crippen LogP contribution >= 0.6 is 0 Å². The van der Waals surface area contributed by atoms with E-state index >= 15 is 0 Å². The lowest BCUT2D eigenvalue weighted by Crippen LogP contribution is -2.47. The topological polar surface area (TPSA) is 38.7 Å². The summed E-state index contributed by atoms with van der Waals surface area (Å²) in [4.78, 5) is 19.9. The van der Waals surface area contributed by atoms with Crippen molar-refractivity contribution in [2.45, 2.75) is 33.4 Å². The quantitative estimate of drug-likeness (QED) is 0.556. The molecule has 34 heavy (non-hydrogen) atoms. The average molecular weight is 457 g/mol. The molecule has 3 heterocycles. The number of anilines is 3. The first-order valence-corrected chi connectivity index (χ1v) is 12.5. The van der Waals surface area contributed by atoms with Crippen molar-refractivity contribution < 1.29 is 0 Å². The van der Waals surface area contributed by atoms with Crippen molar-refractivity contribution in [3.05, 3.63) is 77.0 Å². The van der Waals surface area contributed by atoms with Gasteiger partial charge in [-0.25, -0.2) is 4.98 Å². The van der Waals surface area contributed by atoms with E-state index < -0.39 is 0 Å². The van der Waals surface area contributed by atoms with Crippen LogP contribution in [0.25, 0.3) is 0 Å². The first kappa shape index (κ1) is 22.7. The van der Waals surface area contributed by atoms with Crippen molar-refractivity contribution in [1.29, 1.82) is 0 Å². The summed E-state index contributed by atoms with van der Waals surface area (Å²) in [5.41, 5.74) is 6.51. The third-order valence-corrected chi connectivity index (χ3v) is 7.15. The van der Waals surface area contributed by atoms with Gasteiger partial charge in [0.05, 0.1) is 5.69 Å². The van der Waals surface area contributed by atoms with Gasteiger partial charge in [-0.05, 0) is 31.5 Å². The van der Waals surface area contributed by atoms with Gasteiger partial charge in [0.1, 0.15) is 5.82 Å². The molecule has 1 fully saturated rings. The standard InChI is InChI=1S/C28H36N6/c1-4-31(3)27-25-21-32(20-23-12-10-22(2)11-13-23)15-14-26(25)29-28(30-27)34-18-16-33(17-19-34)24-8-6-5-7-9-24/h5-13H,4,14-21H2,1-3H3. The molecule has 2 aromatic carbocycles. The Balaban J connectivity index is 1.33. The third-order valence-electron chi connectivity index (χ3n) is 7.15. The van der Waals surface area contributed by atoms with E-state index in [2.05, 4.69) is 95.1 Å². The molecule has 1 saturated heterocycles. The lowest BCUT2D eigenvalue weighted by atomic mass is 10.0. The highest BCUT2D eigenvalue weighted by Gasteiger charge is 2.27. The van der Waals surface area contributed by atoms with E-state index in [-0.39, 0.29) is 0 Å². The minimum atomic E-state index is 0.897. The zero-order valence-electron chi connectivity index (χ0n) is 20.7. The summed E-state index contributed by atoms with van der Waals surface area (Å²) in [6.07, 6.45) is 0.977. The second kappa shape index (κ2) is 10.0. The number of hydrogen-bond donors (Lipinski definition) is 0. The fourth-order valence-electron chi connectivity index (χ4n) is 4.94. The lowest BCUT2D eigenvalue weighted by Gasteiger charge is -2.37. The van der Waals surface area contributed by atoms with Crippen LogP contribution < -0.4 is 14.7 Å². The zero-order valence-corrected chi connectivity index (χ0v) is 20.7. The molecule has 1 aromatic heterocycles. The summed E-state index contributed by atoms with van der Waals surface area (Å²) in [6.45, 7) is 12.1. The van der Waals surface area contributed by atoms with Crippen LogP contribution in [0.2, 0.25) is 0 Å². The minimum absolute atomic E-state index is 0.897. The van der Waals surface area contributed by atoms with Crippen LogP contribution in [-0.2, 0) is 19.5 Å². The van der Waals surface area contributed by atoms with Crippen LogP contribution in [0.15, 0.2) is 54.6 Å². The molecule has 0 unspecified atom stereocenters. The number of hydrogen-bond acceptors (Lipinski definition) is 6. The Bertz CT molecular complexity index is 1090. The maximum Gasteiger partial charge on any atom is 0.227 e. The predicted molar refractivity (Wildman–Crippen MR) is 141 cm³/mol. The minimum Gasteiger partial charge on any atom is -0.368 e. The highest BCUT2D eigenvalue weighted by atomic mass is 15.3. The van der Waals surface area contributed by atoms with Gasteiger partial charge in [-0.2, -0.15) is 4.98 Å². The summed E-state index contributed by atoms with van der Waals surface area (Å²) in [7, 11) is 2.15. The Morgan fingerprint density at radius 1 is 0.853 bits per heavy atom. The maximum atomic E-state index is 5.13. The normalized spacial score (nSPS) is 16.4. The smallest absolute Gasteiger partial charge is 0.227 e. The highest BCUT2D eigenvalue weighted by Crippen LogP contribution is 2.30. The summed E-state index contributed by atoms with van der Waals surface area (Å²) < 4.78 is 0. The highest BCUT2D eigenvalue weighted by molar-refractivity contribution is 5.55. The second-order valence-corrected chi connectivity index (χ2v) is 9.54. The summed E-state index contributed by atoms with van der Waals surface area (Å²) in [5, 5.41) is 0.